The molecule has 1 atom stereocenters. The van der Waals surface area contributed by atoms with Crippen LogP contribution in [0, 0.1) is 18.7 Å². The number of aryl methyl sites for hydroxylation is 1. The zero-order chi connectivity index (χ0) is 13.4. The third-order valence-electron chi connectivity index (χ3n) is 4.25. The van der Waals surface area contributed by atoms with Gasteiger partial charge >= 0.3 is 0 Å². The van der Waals surface area contributed by atoms with Crippen LogP contribution in [0.4, 0.5) is 4.39 Å². The van der Waals surface area contributed by atoms with Gasteiger partial charge in [0.2, 0.25) is 0 Å². The van der Waals surface area contributed by atoms with E-state index in [0.717, 1.165) is 16.7 Å². The first-order valence-electron chi connectivity index (χ1n) is 6.99. The van der Waals surface area contributed by atoms with Crippen LogP contribution in [0.3, 0.4) is 0 Å². The number of hydrogen-bond acceptors (Lipinski definition) is 1. The maximum Gasteiger partial charge on any atom is 0.137 e. The summed E-state index contributed by atoms with van der Waals surface area (Å²) in [5, 5.41) is 0.883. The molecule has 1 aromatic heterocycles. The summed E-state index contributed by atoms with van der Waals surface area (Å²) in [6, 6.07) is 4.69. The monoisotopic (exact) mass is 280 g/mol. The molecule has 19 heavy (non-hydrogen) atoms. The number of fused-ring (bicyclic) bond motifs is 1. The quantitative estimate of drug-likeness (QED) is 0.639. The van der Waals surface area contributed by atoms with Crippen LogP contribution in [0.5, 0.6) is 0 Å². The second-order valence-corrected chi connectivity index (χ2v) is 6.00. The van der Waals surface area contributed by atoms with Gasteiger partial charge in [0.1, 0.15) is 17.2 Å². The fourth-order valence-corrected chi connectivity index (χ4v) is 3.58. The van der Waals surface area contributed by atoms with Crippen LogP contribution in [0.15, 0.2) is 22.6 Å². The topological polar surface area (TPSA) is 13.1 Å². The Morgan fingerprint density at radius 1 is 1.26 bits per heavy atom. The minimum atomic E-state index is -0.267. The van der Waals surface area contributed by atoms with E-state index < -0.39 is 0 Å². The Morgan fingerprint density at radius 2 is 2.00 bits per heavy atom. The van der Waals surface area contributed by atoms with Gasteiger partial charge in [-0.15, -0.1) is 11.6 Å². The van der Waals surface area contributed by atoms with Crippen molar-refractivity contribution in [3.63, 3.8) is 0 Å². The summed E-state index contributed by atoms with van der Waals surface area (Å²) in [6.45, 7) is 2.01. The summed E-state index contributed by atoms with van der Waals surface area (Å²) in [6.07, 6.45) is 6.14. The summed E-state index contributed by atoms with van der Waals surface area (Å²) in [5.41, 5.74) is 1.66. The second kappa shape index (κ2) is 5.16. The van der Waals surface area contributed by atoms with Crippen LogP contribution in [0.1, 0.15) is 48.8 Å². The summed E-state index contributed by atoms with van der Waals surface area (Å²) < 4.78 is 19.1. The number of rotatable bonds is 2. The summed E-state index contributed by atoms with van der Waals surface area (Å²) in [5.74, 6) is 1.05. The summed E-state index contributed by atoms with van der Waals surface area (Å²) in [4.78, 5) is 0. The van der Waals surface area contributed by atoms with E-state index in [1.807, 2.05) is 6.92 Å². The van der Waals surface area contributed by atoms with Crippen molar-refractivity contribution < 1.29 is 8.81 Å². The molecule has 0 radical (unpaired) electrons. The van der Waals surface area contributed by atoms with Crippen LogP contribution in [0.25, 0.3) is 11.0 Å². The van der Waals surface area contributed by atoms with Crippen molar-refractivity contribution in [2.75, 3.05) is 0 Å². The first-order valence-corrected chi connectivity index (χ1v) is 7.43. The van der Waals surface area contributed by atoms with E-state index in [1.54, 1.807) is 6.07 Å². The molecule has 1 aliphatic carbocycles. The van der Waals surface area contributed by atoms with Crippen molar-refractivity contribution >= 4 is 22.6 Å². The Hall–Kier alpha value is -1.02. The van der Waals surface area contributed by atoms with Crippen molar-refractivity contribution in [1.29, 1.82) is 0 Å². The van der Waals surface area contributed by atoms with E-state index in [1.165, 1.54) is 44.2 Å². The maximum atomic E-state index is 13.2. The Balaban J connectivity index is 1.97. The maximum absolute atomic E-state index is 13.2. The number of hydrogen-bond donors (Lipinski definition) is 0. The molecular weight excluding hydrogens is 263 g/mol. The van der Waals surface area contributed by atoms with E-state index in [4.69, 9.17) is 16.0 Å². The zero-order valence-corrected chi connectivity index (χ0v) is 11.8. The molecule has 0 aliphatic heterocycles. The first-order chi connectivity index (χ1) is 9.16. The Kier molecular flexibility index (Phi) is 3.53. The molecule has 1 aliphatic rings. The lowest BCUT2D eigenvalue weighted by Gasteiger charge is -2.25. The zero-order valence-electron chi connectivity index (χ0n) is 11.1. The van der Waals surface area contributed by atoms with E-state index in [9.17, 15) is 4.39 Å². The highest BCUT2D eigenvalue weighted by Crippen LogP contribution is 2.42. The lowest BCUT2D eigenvalue weighted by atomic mass is 9.85. The van der Waals surface area contributed by atoms with Gasteiger partial charge in [-0.1, -0.05) is 19.3 Å². The molecule has 1 nitrogen and oxygen atoms in total. The van der Waals surface area contributed by atoms with Gasteiger partial charge in [0.15, 0.2) is 0 Å². The highest BCUT2D eigenvalue weighted by Gasteiger charge is 2.27. The smallest absolute Gasteiger partial charge is 0.137 e. The average Bonchev–Trinajstić information content (AvgIpc) is 2.75. The first kappa shape index (κ1) is 13.0. The molecule has 102 valence electrons. The molecule has 3 rings (SSSR count). The van der Waals surface area contributed by atoms with E-state index in [-0.39, 0.29) is 11.2 Å². The largest absolute Gasteiger partial charge is 0.459 e. The minimum absolute atomic E-state index is 0.0873. The Morgan fingerprint density at radius 3 is 2.74 bits per heavy atom. The summed E-state index contributed by atoms with van der Waals surface area (Å²) >= 11 is 6.61. The molecule has 1 heterocycles. The lowest BCUT2D eigenvalue weighted by Crippen LogP contribution is -2.12. The van der Waals surface area contributed by atoms with Gasteiger partial charge in [0, 0.05) is 11.5 Å². The van der Waals surface area contributed by atoms with Gasteiger partial charge in [-0.05, 0) is 43.4 Å². The van der Waals surface area contributed by atoms with E-state index in [0.29, 0.717) is 11.5 Å². The molecule has 0 N–H and O–H groups in total. The van der Waals surface area contributed by atoms with Crippen LogP contribution < -0.4 is 0 Å². The summed E-state index contributed by atoms with van der Waals surface area (Å²) in [7, 11) is 0. The Labute approximate surface area is 117 Å². The van der Waals surface area contributed by atoms with Gasteiger partial charge in [-0.3, -0.25) is 0 Å². The van der Waals surface area contributed by atoms with Gasteiger partial charge in [0.25, 0.3) is 0 Å². The van der Waals surface area contributed by atoms with Crippen molar-refractivity contribution in [2.45, 2.75) is 44.4 Å². The molecule has 1 saturated carbocycles. The van der Waals surface area contributed by atoms with Crippen molar-refractivity contribution in [3.8, 4) is 0 Å². The molecule has 1 aromatic carbocycles. The molecule has 3 heteroatoms. The van der Waals surface area contributed by atoms with Gasteiger partial charge < -0.3 is 4.42 Å². The second-order valence-electron chi connectivity index (χ2n) is 5.53. The van der Waals surface area contributed by atoms with E-state index >= 15 is 0 Å². The van der Waals surface area contributed by atoms with Crippen molar-refractivity contribution in [3.05, 3.63) is 35.3 Å². The SMILES string of the molecule is Cc1c(C(Cl)C2CCCCC2)oc2cc(F)ccc12. The number of benzene rings is 1. The molecule has 0 bridgehead atoms. The van der Waals surface area contributed by atoms with Crippen LogP contribution >= 0.6 is 11.6 Å². The van der Waals surface area contributed by atoms with Gasteiger partial charge in [-0.25, -0.2) is 4.39 Å². The normalized spacial score (nSPS) is 18.9. The molecule has 0 saturated heterocycles. The highest BCUT2D eigenvalue weighted by molar-refractivity contribution is 6.21. The van der Waals surface area contributed by atoms with Crippen molar-refractivity contribution in [1.82, 2.24) is 0 Å². The highest BCUT2D eigenvalue weighted by atomic mass is 35.5. The number of furan rings is 1. The van der Waals surface area contributed by atoms with Crippen LogP contribution in [-0.4, -0.2) is 0 Å². The molecule has 1 unspecified atom stereocenters. The van der Waals surface area contributed by atoms with Crippen LogP contribution in [-0.2, 0) is 0 Å². The average molecular weight is 281 g/mol. The number of alkyl halides is 1. The lowest BCUT2D eigenvalue weighted by molar-refractivity contribution is 0.327. The molecule has 0 spiro atoms. The predicted octanol–water partition coefficient (Wildman–Crippen LogP) is 5.74. The fourth-order valence-electron chi connectivity index (χ4n) is 3.12. The third-order valence-corrected chi connectivity index (χ3v) is 4.81. The molecular formula is C16H18ClFO. The van der Waals surface area contributed by atoms with Crippen LogP contribution in [0.2, 0.25) is 0 Å². The Bertz CT molecular complexity index is 584. The third kappa shape index (κ3) is 2.38. The molecule has 1 fully saturated rings. The van der Waals surface area contributed by atoms with Crippen molar-refractivity contribution in [2.24, 2.45) is 5.92 Å². The van der Waals surface area contributed by atoms with Gasteiger partial charge in [-0.2, -0.15) is 0 Å². The standard InChI is InChI=1S/C16H18ClFO/c1-10-13-8-7-12(18)9-14(13)19-16(10)15(17)11-5-3-2-4-6-11/h7-9,11,15H,2-6H2,1H3. The van der Waals surface area contributed by atoms with Gasteiger partial charge in [0.05, 0.1) is 5.38 Å². The fraction of sp³-hybridized carbons (Fsp3) is 0.500. The molecule has 0 amide bonds. The van der Waals surface area contributed by atoms with E-state index in [2.05, 4.69) is 0 Å². The number of halogens is 2. The minimum Gasteiger partial charge on any atom is -0.459 e. The molecule has 2 aromatic rings. The predicted molar refractivity (Wildman–Crippen MR) is 76.1 cm³/mol.